The number of benzene rings is 1. The topological polar surface area (TPSA) is 88.2 Å². The van der Waals surface area contributed by atoms with E-state index in [4.69, 9.17) is 15.5 Å². The summed E-state index contributed by atoms with van der Waals surface area (Å²) in [5.74, 6) is -2.01. The first-order chi connectivity index (χ1) is 17.6. The van der Waals surface area contributed by atoms with Gasteiger partial charge >= 0.3 is 0 Å². The van der Waals surface area contributed by atoms with Gasteiger partial charge in [0.2, 0.25) is 5.92 Å². The van der Waals surface area contributed by atoms with Crippen LogP contribution < -0.4 is 10.5 Å². The molecular weight excluding hydrogens is 522 g/mol. The Morgan fingerprint density at radius 2 is 1.95 bits per heavy atom. The van der Waals surface area contributed by atoms with Crippen LogP contribution in [0, 0.1) is 11.8 Å². The van der Waals surface area contributed by atoms with Crippen LogP contribution in [0.3, 0.4) is 0 Å². The fourth-order valence-electron chi connectivity index (χ4n) is 5.15. The van der Waals surface area contributed by atoms with E-state index in [0.29, 0.717) is 31.2 Å². The number of rotatable bonds is 11. The minimum Gasteiger partial charge on any atom is -0.598 e. The Morgan fingerprint density at radius 1 is 1.24 bits per heavy atom. The summed E-state index contributed by atoms with van der Waals surface area (Å²) in [6, 6.07) is 6.50. The Balaban J connectivity index is 1.75. The van der Waals surface area contributed by atoms with E-state index in [-0.39, 0.29) is 25.6 Å². The van der Waals surface area contributed by atoms with Crippen LogP contribution in [0.2, 0.25) is 25.7 Å². The highest BCUT2D eigenvalue weighted by Crippen LogP contribution is 2.44. The highest BCUT2D eigenvalue weighted by atomic mass is 32.2. The molecule has 0 amide bonds. The number of alkyl halides is 2. The molecular formula is C28H46F2N4O2SSi. The fourth-order valence-corrected chi connectivity index (χ4v) is 6.79. The van der Waals surface area contributed by atoms with Crippen molar-refractivity contribution in [3.63, 3.8) is 0 Å². The third-order valence-electron chi connectivity index (χ3n) is 7.75. The lowest BCUT2D eigenvalue weighted by atomic mass is 9.81. The molecule has 4 atom stereocenters. The summed E-state index contributed by atoms with van der Waals surface area (Å²) in [4.78, 5) is 4.97. The molecule has 10 heteroatoms. The number of hydrogen-bond acceptors (Lipinski definition) is 5. The Labute approximate surface area is 230 Å². The average Bonchev–Trinajstić information content (AvgIpc) is 3.59. The monoisotopic (exact) mass is 568 g/mol. The minimum atomic E-state index is -2.74. The molecule has 6 nitrogen and oxygen atoms in total. The third kappa shape index (κ3) is 7.57. The van der Waals surface area contributed by atoms with Gasteiger partial charge in [0.25, 0.3) is 0 Å². The van der Waals surface area contributed by atoms with Crippen LogP contribution in [0.25, 0.3) is 11.0 Å². The van der Waals surface area contributed by atoms with E-state index in [1.165, 1.54) is 0 Å². The number of hydrogen-bond donors (Lipinski definition) is 2. The number of imidazole rings is 1. The van der Waals surface area contributed by atoms with E-state index in [2.05, 4.69) is 30.4 Å². The van der Waals surface area contributed by atoms with Crippen molar-refractivity contribution in [3.8, 4) is 0 Å². The second-order valence-electron chi connectivity index (χ2n) is 13.5. The molecule has 1 aromatic carbocycles. The number of nitrogens with zero attached hydrogens (tertiary/aromatic N) is 2. The molecule has 38 heavy (non-hydrogen) atoms. The van der Waals surface area contributed by atoms with Crippen LogP contribution in [0.5, 0.6) is 0 Å². The van der Waals surface area contributed by atoms with E-state index in [0.717, 1.165) is 35.5 Å². The molecule has 2 aliphatic carbocycles. The maximum atomic E-state index is 14.6. The van der Waals surface area contributed by atoms with Crippen molar-refractivity contribution in [3.05, 3.63) is 29.6 Å². The molecule has 2 aliphatic rings. The van der Waals surface area contributed by atoms with Gasteiger partial charge in [0.15, 0.2) is 0 Å². The first kappa shape index (κ1) is 29.9. The van der Waals surface area contributed by atoms with Crippen LogP contribution in [0.1, 0.15) is 82.8 Å². The van der Waals surface area contributed by atoms with Crippen molar-refractivity contribution in [1.29, 1.82) is 0 Å². The van der Waals surface area contributed by atoms with Gasteiger partial charge < -0.3 is 19.6 Å². The molecule has 0 aliphatic heterocycles. The molecule has 2 fully saturated rings. The summed E-state index contributed by atoms with van der Waals surface area (Å²) >= 11 is -1.46. The van der Waals surface area contributed by atoms with E-state index >= 15 is 0 Å². The van der Waals surface area contributed by atoms with Crippen molar-refractivity contribution in [2.75, 3.05) is 6.61 Å². The maximum absolute atomic E-state index is 14.6. The summed E-state index contributed by atoms with van der Waals surface area (Å²) < 4.78 is 53.4. The molecule has 3 N–H and O–H groups in total. The Morgan fingerprint density at radius 3 is 2.55 bits per heavy atom. The van der Waals surface area contributed by atoms with E-state index in [1.807, 2.05) is 37.5 Å². The molecule has 0 spiro atoms. The Hall–Kier alpha value is -1.04. The van der Waals surface area contributed by atoms with Crippen molar-refractivity contribution >= 4 is 30.5 Å². The summed E-state index contributed by atoms with van der Waals surface area (Å²) in [6.07, 6.45) is 3.01. The summed E-state index contributed by atoms with van der Waals surface area (Å²) in [6.45, 7) is 13.5. The molecule has 1 aromatic heterocycles. The van der Waals surface area contributed by atoms with Gasteiger partial charge in [-0.25, -0.2) is 13.8 Å². The zero-order chi connectivity index (χ0) is 27.9. The smallest absolute Gasteiger partial charge is 0.248 e. The summed E-state index contributed by atoms with van der Waals surface area (Å²) in [5, 5.41) is 0. The number of ether oxygens (including phenoxy) is 1. The number of halogens is 2. The van der Waals surface area contributed by atoms with Gasteiger partial charge in [-0.05, 0) is 82.0 Å². The highest BCUT2D eigenvalue weighted by Gasteiger charge is 2.44. The van der Waals surface area contributed by atoms with Crippen molar-refractivity contribution in [1.82, 2.24) is 14.3 Å². The number of nitrogens with two attached hydrogens (primary N) is 1. The number of aromatic nitrogens is 2. The third-order valence-corrected chi connectivity index (χ3v) is 11.0. The lowest BCUT2D eigenvalue weighted by Crippen LogP contribution is -2.45. The van der Waals surface area contributed by atoms with Crippen LogP contribution in [0.15, 0.2) is 18.2 Å². The highest BCUT2D eigenvalue weighted by molar-refractivity contribution is 7.90. The van der Waals surface area contributed by atoms with Crippen LogP contribution in [-0.4, -0.2) is 39.5 Å². The minimum absolute atomic E-state index is 0.0293. The zero-order valence-corrected chi connectivity index (χ0v) is 25.7. The SMILES string of the molecule is CC(C)(C)[S+]([O-])NC(c1nc2ccc(C(N)C3CC3)cc2n1COCC[Si](C)(C)C)[C@@H]1CCCC(F)(F)C1. The van der Waals surface area contributed by atoms with Crippen LogP contribution in [0.4, 0.5) is 8.78 Å². The molecule has 0 saturated heterocycles. The van der Waals surface area contributed by atoms with Crippen molar-refractivity contribution in [2.45, 2.75) is 114 Å². The Bertz CT molecular complexity index is 1100. The van der Waals surface area contributed by atoms with Gasteiger partial charge in [-0.2, -0.15) is 0 Å². The zero-order valence-electron chi connectivity index (χ0n) is 23.9. The second-order valence-corrected chi connectivity index (χ2v) is 21.2. The van der Waals surface area contributed by atoms with Gasteiger partial charge in [0, 0.05) is 44.9 Å². The van der Waals surface area contributed by atoms with Crippen LogP contribution in [-0.2, 0) is 22.8 Å². The Kier molecular flexibility index (Phi) is 9.01. The average molecular weight is 569 g/mol. The van der Waals surface area contributed by atoms with E-state index in [9.17, 15) is 13.3 Å². The molecule has 4 rings (SSSR count). The largest absolute Gasteiger partial charge is 0.598 e. The first-order valence-corrected chi connectivity index (χ1v) is 18.9. The summed E-state index contributed by atoms with van der Waals surface area (Å²) in [5.41, 5.74) is 9.26. The predicted octanol–water partition coefficient (Wildman–Crippen LogP) is 6.68. The maximum Gasteiger partial charge on any atom is 0.248 e. The van der Waals surface area contributed by atoms with Gasteiger partial charge in [-0.3, -0.25) is 0 Å². The molecule has 214 valence electrons. The van der Waals surface area contributed by atoms with Gasteiger partial charge in [0.1, 0.15) is 23.3 Å². The van der Waals surface area contributed by atoms with E-state index in [1.54, 1.807) is 0 Å². The molecule has 0 bridgehead atoms. The summed E-state index contributed by atoms with van der Waals surface area (Å²) in [7, 11) is -1.29. The van der Waals surface area contributed by atoms with Crippen molar-refractivity contribution < 1.29 is 18.1 Å². The number of nitrogens with one attached hydrogen (secondary N) is 1. The molecule has 3 unspecified atom stereocenters. The number of fused-ring (bicyclic) bond motifs is 1. The first-order valence-electron chi connectivity index (χ1n) is 14.0. The van der Waals surface area contributed by atoms with Gasteiger partial charge in [-0.15, -0.1) is 4.72 Å². The predicted molar refractivity (Wildman–Crippen MR) is 154 cm³/mol. The quantitative estimate of drug-likeness (QED) is 0.179. The van der Waals surface area contributed by atoms with Crippen LogP contribution >= 0.6 is 0 Å². The lowest BCUT2D eigenvalue weighted by molar-refractivity contribution is -0.0580. The van der Waals surface area contributed by atoms with Gasteiger partial charge in [-0.1, -0.05) is 25.7 Å². The van der Waals surface area contributed by atoms with Crippen molar-refractivity contribution in [2.24, 2.45) is 17.6 Å². The standard InChI is InChI=1S/C28H46F2N4O2SSi/c1-27(2,3)37(35)33-25(21-8-7-13-28(29,30)17-21)26-32-22-12-11-20(24(31)19-9-10-19)16-23(22)34(26)18-36-14-15-38(4,5)6/h11-12,16,19,21,24-25,33H,7-10,13-15,17-18,31H2,1-6H3/t21-,24?,25?,37?/m1/s1. The second kappa shape index (κ2) is 11.4. The molecule has 1 heterocycles. The normalized spacial score (nSPS) is 22.9. The molecule has 0 radical (unpaired) electrons. The fraction of sp³-hybridized carbons (Fsp3) is 0.750. The lowest BCUT2D eigenvalue weighted by Gasteiger charge is -2.36. The van der Waals surface area contributed by atoms with Gasteiger partial charge in [0.05, 0.1) is 11.0 Å². The molecule has 2 aromatic rings. The molecule has 2 saturated carbocycles. The van der Waals surface area contributed by atoms with E-state index < -0.39 is 42.1 Å².